The predicted molar refractivity (Wildman–Crippen MR) is 98.4 cm³/mol. The maximum Gasteiger partial charge on any atom is 0.265 e. The lowest BCUT2D eigenvalue weighted by Gasteiger charge is -2.27. The van der Waals surface area contributed by atoms with Gasteiger partial charge in [-0.2, -0.15) is 16.9 Å². The number of benzene rings is 1. The van der Waals surface area contributed by atoms with Gasteiger partial charge in [-0.05, 0) is 18.6 Å². The molecule has 1 aromatic heterocycles. The molecule has 3 rings (SSSR count). The molecule has 0 atom stereocenters. The first kappa shape index (κ1) is 17.8. The summed E-state index contributed by atoms with van der Waals surface area (Å²) in [7, 11) is -2.16. The summed E-state index contributed by atoms with van der Waals surface area (Å²) in [6.07, 6.45) is 2.70. The van der Waals surface area contributed by atoms with E-state index in [9.17, 15) is 13.2 Å². The number of sulfonamides is 1. The maximum atomic E-state index is 12.9. The van der Waals surface area contributed by atoms with Gasteiger partial charge in [0.05, 0.1) is 17.4 Å². The van der Waals surface area contributed by atoms with Gasteiger partial charge in [-0.3, -0.25) is 14.2 Å². The van der Waals surface area contributed by atoms with Crippen molar-refractivity contribution in [2.24, 2.45) is 7.05 Å². The molecule has 25 heavy (non-hydrogen) atoms. The van der Waals surface area contributed by atoms with Crippen LogP contribution in [0.15, 0.2) is 35.5 Å². The number of nitrogens with zero attached hydrogens (tertiary/aromatic N) is 3. The summed E-state index contributed by atoms with van der Waals surface area (Å²) in [5, 5.41) is 3.90. The molecule has 134 valence electrons. The second-order valence-corrected chi connectivity index (χ2v) is 8.76. The van der Waals surface area contributed by atoms with Gasteiger partial charge in [-0.15, -0.1) is 0 Å². The Bertz CT molecular complexity index is 887. The number of aromatic nitrogens is 2. The number of hydrogen-bond donors (Lipinski definition) is 1. The average Bonchev–Trinajstić information content (AvgIpc) is 3.04. The number of carbonyl (C=O) groups is 1. The number of rotatable bonds is 4. The van der Waals surface area contributed by atoms with Crippen LogP contribution in [0.1, 0.15) is 15.9 Å². The number of hydrogen-bond acceptors (Lipinski definition) is 5. The van der Waals surface area contributed by atoms with Crippen molar-refractivity contribution >= 4 is 33.4 Å². The fraction of sp³-hybridized carbons (Fsp3) is 0.375. The smallest absolute Gasteiger partial charge is 0.265 e. The standard InChI is InChI=1S/C16H20N4O3S2/c1-12-4-3-5-14(16(21)20-6-8-24-9-7-20)15(12)18-25(22,23)13-10-17-19(2)11-13/h3-5,10-11,18H,6-9H2,1-2H3. The summed E-state index contributed by atoms with van der Waals surface area (Å²) < 4.78 is 29.2. The Morgan fingerprint density at radius 3 is 2.64 bits per heavy atom. The number of nitrogens with one attached hydrogen (secondary N) is 1. The summed E-state index contributed by atoms with van der Waals surface area (Å²) in [6.45, 7) is 3.13. The van der Waals surface area contributed by atoms with Crippen LogP contribution in [0.4, 0.5) is 5.69 Å². The largest absolute Gasteiger partial charge is 0.337 e. The van der Waals surface area contributed by atoms with E-state index in [4.69, 9.17) is 0 Å². The summed E-state index contributed by atoms with van der Waals surface area (Å²) in [6, 6.07) is 5.21. The van der Waals surface area contributed by atoms with E-state index >= 15 is 0 Å². The fourth-order valence-electron chi connectivity index (χ4n) is 2.65. The first-order chi connectivity index (χ1) is 11.9. The quantitative estimate of drug-likeness (QED) is 0.873. The Morgan fingerprint density at radius 2 is 2.00 bits per heavy atom. The first-order valence-electron chi connectivity index (χ1n) is 7.86. The summed E-state index contributed by atoms with van der Waals surface area (Å²) in [5.41, 5.74) is 1.40. The van der Waals surface area contributed by atoms with Gasteiger partial charge in [0.2, 0.25) is 0 Å². The van der Waals surface area contributed by atoms with Crippen LogP contribution in [-0.4, -0.2) is 53.6 Å². The van der Waals surface area contributed by atoms with E-state index in [1.165, 1.54) is 17.1 Å². The lowest BCUT2D eigenvalue weighted by molar-refractivity contribution is 0.0773. The molecule has 2 aromatic rings. The zero-order chi connectivity index (χ0) is 18.0. The van der Waals surface area contributed by atoms with E-state index in [2.05, 4.69) is 9.82 Å². The number of anilines is 1. The molecule has 0 saturated carbocycles. The zero-order valence-electron chi connectivity index (χ0n) is 14.1. The van der Waals surface area contributed by atoms with Crippen LogP contribution >= 0.6 is 11.8 Å². The van der Waals surface area contributed by atoms with Crippen LogP contribution in [0.3, 0.4) is 0 Å². The molecule has 2 heterocycles. The van der Waals surface area contributed by atoms with Gasteiger partial charge >= 0.3 is 0 Å². The van der Waals surface area contributed by atoms with Gasteiger partial charge in [0.1, 0.15) is 4.90 Å². The third-order valence-electron chi connectivity index (χ3n) is 4.03. The van der Waals surface area contributed by atoms with Crippen LogP contribution in [0.2, 0.25) is 0 Å². The highest BCUT2D eigenvalue weighted by atomic mass is 32.2. The van der Waals surface area contributed by atoms with Gasteiger partial charge < -0.3 is 4.90 Å². The van der Waals surface area contributed by atoms with E-state index < -0.39 is 10.0 Å². The minimum Gasteiger partial charge on any atom is -0.337 e. The minimum atomic E-state index is -3.81. The van der Waals surface area contributed by atoms with Gasteiger partial charge in [0.15, 0.2) is 0 Å². The van der Waals surface area contributed by atoms with Crippen LogP contribution in [-0.2, 0) is 17.1 Å². The van der Waals surface area contributed by atoms with Crippen molar-refractivity contribution in [3.63, 3.8) is 0 Å². The molecule has 1 amide bonds. The molecule has 0 radical (unpaired) electrons. The highest BCUT2D eigenvalue weighted by Crippen LogP contribution is 2.26. The number of aryl methyl sites for hydroxylation is 2. The Hall–Kier alpha value is -2.00. The molecule has 0 aliphatic carbocycles. The zero-order valence-corrected chi connectivity index (χ0v) is 15.7. The van der Waals surface area contributed by atoms with Crippen LogP contribution < -0.4 is 4.72 Å². The van der Waals surface area contributed by atoms with Gasteiger partial charge in [0.25, 0.3) is 15.9 Å². The summed E-state index contributed by atoms with van der Waals surface area (Å²) in [4.78, 5) is 14.7. The Balaban J connectivity index is 1.94. The maximum absolute atomic E-state index is 12.9. The summed E-state index contributed by atoms with van der Waals surface area (Å²) in [5.74, 6) is 1.65. The number of carbonyl (C=O) groups excluding carboxylic acids is 1. The molecule has 0 unspecified atom stereocenters. The molecule has 1 fully saturated rings. The predicted octanol–water partition coefficient (Wildman–Crippen LogP) is 1.72. The van der Waals surface area contributed by atoms with Crippen molar-refractivity contribution in [2.75, 3.05) is 29.3 Å². The second kappa shape index (κ2) is 7.09. The Labute approximate surface area is 151 Å². The third kappa shape index (κ3) is 3.82. The molecule has 1 saturated heterocycles. The normalized spacial score (nSPS) is 15.2. The molecule has 1 aliphatic heterocycles. The topological polar surface area (TPSA) is 84.3 Å². The van der Waals surface area contributed by atoms with E-state index in [1.807, 2.05) is 11.8 Å². The highest BCUT2D eigenvalue weighted by Gasteiger charge is 2.25. The van der Waals surface area contributed by atoms with Gasteiger partial charge in [0, 0.05) is 37.8 Å². The molecular formula is C16H20N4O3S2. The van der Waals surface area contributed by atoms with Crippen molar-refractivity contribution in [1.29, 1.82) is 0 Å². The molecule has 9 heteroatoms. The molecule has 0 bridgehead atoms. The second-order valence-electron chi connectivity index (χ2n) is 5.86. The third-order valence-corrected chi connectivity index (χ3v) is 6.28. The van der Waals surface area contributed by atoms with Crippen molar-refractivity contribution in [1.82, 2.24) is 14.7 Å². The Morgan fingerprint density at radius 1 is 1.28 bits per heavy atom. The van der Waals surface area contributed by atoms with E-state index in [1.54, 1.807) is 37.1 Å². The summed E-state index contributed by atoms with van der Waals surface area (Å²) >= 11 is 1.81. The number of amides is 1. The number of para-hydroxylation sites is 1. The highest BCUT2D eigenvalue weighted by molar-refractivity contribution is 7.99. The molecule has 7 nitrogen and oxygen atoms in total. The lowest BCUT2D eigenvalue weighted by atomic mass is 10.1. The number of thioether (sulfide) groups is 1. The molecule has 1 aliphatic rings. The average molecular weight is 380 g/mol. The van der Waals surface area contributed by atoms with Crippen molar-refractivity contribution in [2.45, 2.75) is 11.8 Å². The van der Waals surface area contributed by atoms with Crippen LogP contribution in [0.25, 0.3) is 0 Å². The molecule has 1 aromatic carbocycles. The SMILES string of the molecule is Cc1cccc(C(=O)N2CCSCC2)c1NS(=O)(=O)c1cnn(C)c1. The van der Waals surface area contributed by atoms with E-state index in [-0.39, 0.29) is 10.8 Å². The van der Waals surface area contributed by atoms with E-state index in [0.29, 0.717) is 29.9 Å². The molecule has 1 N–H and O–H groups in total. The van der Waals surface area contributed by atoms with Gasteiger partial charge in [-0.1, -0.05) is 12.1 Å². The van der Waals surface area contributed by atoms with Crippen LogP contribution in [0, 0.1) is 6.92 Å². The minimum absolute atomic E-state index is 0.0611. The lowest BCUT2D eigenvalue weighted by Crippen LogP contribution is -2.38. The molecular weight excluding hydrogens is 360 g/mol. The monoisotopic (exact) mass is 380 g/mol. The first-order valence-corrected chi connectivity index (χ1v) is 10.5. The Kier molecular flexibility index (Phi) is 5.05. The van der Waals surface area contributed by atoms with Gasteiger partial charge in [-0.25, -0.2) is 8.42 Å². The van der Waals surface area contributed by atoms with E-state index in [0.717, 1.165) is 11.5 Å². The van der Waals surface area contributed by atoms with Crippen molar-refractivity contribution in [3.05, 3.63) is 41.7 Å². The van der Waals surface area contributed by atoms with Crippen LogP contribution in [0.5, 0.6) is 0 Å². The fourth-order valence-corrected chi connectivity index (χ4v) is 4.69. The van der Waals surface area contributed by atoms with Crippen molar-refractivity contribution in [3.8, 4) is 0 Å². The van der Waals surface area contributed by atoms with Crippen molar-refractivity contribution < 1.29 is 13.2 Å². The molecule has 0 spiro atoms.